The van der Waals surface area contributed by atoms with Crippen molar-refractivity contribution in [3.05, 3.63) is 22.9 Å². The minimum Gasteiger partial charge on any atom is -0.465 e. The molecule has 0 aromatic carbocycles. The number of methoxy groups -OCH3 is 1. The van der Waals surface area contributed by atoms with Crippen LogP contribution < -0.4 is 11.5 Å². The first-order chi connectivity index (χ1) is 7.65. The predicted octanol–water partition coefficient (Wildman–Crippen LogP) is -0.177. The highest BCUT2D eigenvalue weighted by Gasteiger charge is 2.19. The summed E-state index contributed by atoms with van der Waals surface area (Å²) in [4.78, 5) is 15.4. The van der Waals surface area contributed by atoms with E-state index in [4.69, 9.17) is 16.7 Å². The van der Waals surface area contributed by atoms with Crippen LogP contribution in [-0.4, -0.2) is 24.6 Å². The lowest BCUT2D eigenvalue weighted by atomic mass is 10.0. The van der Waals surface area contributed by atoms with Crippen LogP contribution in [0, 0.1) is 11.3 Å². The number of nitrogens with zero attached hydrogens (tertiary/aromatic N) is 2. The predicted molar refractivity (Wildman–Crippen MR) is 57.5 cm³/mol. The molecule has 0 radical (unpaired) electrons. The quantitative estimate of drug-likeness (QED) is 0.683. The van der Waals surface area contributed by atoms with E-state index in [0.717, 1.165) is 0 Å². The van der Waals surface area contributed by atoms with Crippen LogP contribution in [0.1, 0.15) is 21.5 Å². The van der Waals surface area contributed by atoms with Gasteiger partial charge >= 0.3 is 5.97 Å². The highest BCUT2D eigenvalue weighted by atomic mass is 16.5. The van der Waals surface area contributed by atoms with Gasteiger partial charge in [-0.1, -0.05) is 0 Å². The highest BCUT2D eigenvalue weighted by molar-refractivity contribution is 5.94. The molecule has 0 spiro atoms. The number of nitrogen functional groups attached to an aromatic ring is 1. The Morgan fingerprint density at radius 2 is 2.38 bits per heavy atom. The summed E-state index contributed by atoms with van der Waals surface area (Å²) < 4.78 is 4.61. The molecule has 6 nitrogen and oxygen atoms in total. The Hall–Kier alpha value is -2.13. The molecule has 0 bridgehead atoms. The standard InChI is InChI=1S/C10H12N4O2/c1-16-10(15)8-6(4-12)5-14-9(13)7(8)2-3-11/h5H,2-3,11H2,1H3,(H2,13,14). The first kappa shape index (κ1) is 11.9. The Balaban J connectivity index is 3.43. The van der Waals surface area contributed by atoms with Gasteiger partial charge in [0.2, 0.25) is 0 Å². The topological polar surface area (TPSA) is 115 Å². The van der Waals surface area contributed by atoms with Crippen LogP contribution in [0.4, 0.5) is 5.82 Å². The largest absolute Gasteiger partial charge is 0.465 e. The van der Waals surface area contributed by atoms with Crippen LogP contribution in [0.3, 0.4) is 0 Å². The molecule has 0 aliphatic heterocycles. The van der Waals surface area contributed by atoms with Gasteiger partial charge in [-0.2, -0.15) is 5.26 Å². The zero-order valence-electron chi connectivity index (χ0n) is 8.86. The van der Waals surface area contributed by atoms with E-state index in [-0.39, 0.29) is 16.9 Å². The van der Waals surface area contributed by atoms with Crippen molar-refractivity contribution in [2.24, 2.45) is 5.73 Å². The van der Waals surface area contributed by atoms with Crippen LogP contribution >= 0.6 is 0 Å². The number of carbonyl (C=O) groups is 1. The first-order valence-corrected chi connectivity index (χ1v) is 4.61. The fourth-order valence-electron chi connectivity index (χ4n) is 1.38. The SMILES string of the molecule is COC(=O)c1c(C#N)cnc(N)c1CCN. The maximum Gasteiger partial charge on any atom is 0.339 e. The van der Waals surface area contributed by atoms with Crippen LogP contribution in [-0.2, 0) is 11.2 Å². The lowest BCUT2D eigenvalue weighted by Crippen LogP contribution is -2.15. The fourth-order valence-corrected chi connectivity index (χ4v) is 1.38. The maximum atomic E-state index is 11.5. The van der Waals surface area contributed by atoms with Gasteiger partial charge in [0.05, 0.1) is 18.2 Å². The molecule has 1 aromatic rings. The third-order valence-electron chi connectivity index (χ3n) is 2.12. The number of carbonyl (C=O) groups excluding carboxylic acids is 1. The molecule has 0 aliphatic carbocycles. The van der Waals surface area contributed by atoms with Crippen LogP contribution in [0.5, 0.6) is 0 Å². The minimum absolute atomic E-state index is 0.143. The van der Waals surface area contributed by atoms with Gasteiger partial charge in [-0.15, -0.1) is 0 Å². The molecular weight excluding hydrogens is 208 g/mol. The van der Waals surface area contributed by atoms with Crippen molar-refractivity contribution in [2.45, 2.75) is 6.42 Å². The van der Waals surface area contributed by atoms with Gasteiger partial charge in [0.15, 0.2) is 0 Å². The molecule has 1 heterocycles. The Morgan fingerprint density at radius 3 is 2.88 bits per heavy atom. The average molecular weight is 220 g/mol. The molecule has 6 heteroatoms. The second-order valence-corrected chi connectivity index (χ2v) is 3.05. The summed E-state index contributed by atoms with van der Waals surface area (Å²) in [6, 6.07) is 1.88. The van der Waals surface area contributed by atoms with Crippen molar-refractivity contribution in [3.8, 4) is 6.07 Å². The average Bonchev–Trinajstić information content (AvgIpc) is 2.30. The van der Waals surface area contributed by atoms with Crippen molar-refractivity contribution < 1.29 is 9.53 Å². The Kier molecular flexibility index (Phi) is 3.80. The second-order valence-electron chi connectivity index (χ2n) is 3.05. The highest BCUT2D eigenvalue weighted by Crippen LogP contribution is 2.20. The van der Waals surface area contributed by atoms with E-state index in [2.05, 4.69) is 9.72 Å². The van der Waals surface area contributed by atoms with Gasteiger partial charge in [0.1, 0.15) is 11.9 Å². The Morgan fingerprint density at radius 1 is 1.69 bits per heavy atom. The van der Waals surface area contributed by atoms with Gasteiger partial charge in [-0.25, -0.2) is 9.78 Å². The smallest absolute Gasteiger partial charge is 0.339 e. The molecule has 4 N–H and O–H groups in total. The summed E-state index contributed by atoms with van der Waals surface area (Å²) in [6.07, 6.45) is 1.63. The summed E-state index contributed by atoms with van der Waals surface area (Å²) in [5.74, 6) is -0.404. The molecular formula is C10H12N4O2. The van der Waals surface area contributed by atoms with Gasteiger partial charge < -0.3 is 16.2 Å². The third-order valence-corrected chi connectivity index (χ3v) is 2.12. The molecule has 16 heavy (non-hydrogen) atoms. The fraction of sp³-hybridized carbons (Fsp3) is 0.300. The molecule has 0 aliphatic rings. The summed E-state index contributed by atoms with van der Waals surface area (Å²) in [7, 11) is 1.24. The molecule has 1 rings (SSSR count). The second kappa shape index (κ2) is 5.09. The summed E-state index contributed by atoms with van der Waals surface area (Å²) in [5.41, 5.74) is 11.8. The third kappa shape index (κ3) is 2.10. The van der Waals surface area contributed by atoms with Gasteiger partial charge in [-0.3, -0.25) is 0 Å². The van der Waals surface area contributed by atoms with Crippen molar-refractivity contribution in [2.75, 3.05) is 19.4 Å². The lowest BCUT2D eigenvalue weighted by Gasteiger charge is -2.10. The number of nitrogens with two attached hydrogens (primary N) is 2. The zero-order valence-corrected chi connectivity index (χ0v) is 8.86. The number of hydrogen-bond donors (Lipinski definition) is 2. The number of rotatable bonds is 3. The van der Waals surface area contributed by atoms with E-state index in [1.807, 2.05) is 6.07 Å². The minimum atomic E-state index is -0.603. The van der Waals surface area contributed by atoms with E-state index in [0.29, 0.717) is 18.5 Å². The lowest BCUT2D eigenvalue weighted by molar-refractivity contribution is 0.0599. The Bertz CT molecular complexity index is 451. The Labute approximate surface area is 92.8 Å². The summed E-state index contributed by atoms with van der Waals surface area (Å²) >= 11 is 0. The number of esters is 1. The molecule has 1 aromatic heterocycles. The monoisotopic (exact) mass is 220 g/mol. The number of nitriles is 1. The van der Waals surface area contributed by atoms with Crippen molar-refractivity contribution in [1.82, 2.24) is 4.98 Å². The van der Waals surface area contributed by atoms with Crippen LogP contribution in [0.2, 0.25) is 0 Å². The normalized spacial score (nSPS) is 9.56. The first-order valence-electron chi connectivity index (χ1n) is 4.61. The van der Waals surface area contributed by atoms with E-state index in [9.17, 15) is 4.79 Å². The van der Waals surface area contributed by atoms with Gasteiger partial charge in [0, 0.05) is 11.8 Å². The molecule has 0 amide bonds. The van der Waals surface area contributed by atoms with Crippen molar-refractivity contribution in [1.29, 1.82) is 5.26 Å². The zero-order chi connectivity index (χ0) is 12.1. The number of hydrogen-bond acceptors (Lipinski definition) is 6. The summed E-state index contributed by atoms with van der Waals surface area (Å²) in [6.45, 7) is 0.310. The number of anilines is 1. The van der Waals surface area contributed by atoms with Crippen LogP contribution in [0.25, 0.3) is 0 Å². The molecule has 0 unspecified atom stereocenters. The number of aromatic nitrogens is 1. The summed E-state index contributed by atoms with van der Waals surface area (Å²) in [5, 5.41) is 8.88. The molecule has 0 saturated heterocycles. The molecule has 0 atom stereocenters. The molecule has 0 fully saturated rings. The van der Waals surface area contributed by atoms with Crippen molar-refractivity contribution in [3.63, 3.8) is 0 Å². The molecule has 84 valence electrons. The van der Waals surface area contributed by atoms with Crippen LogP contribution in [0.15, 0.2) is 6.20 Å². The van der Waals surface area contributed by atoms with Gasteiger partial charge in [0.25, 0.3) is 0 Å². The number of ether oxygens (including phenoxy) is 1. The van der Waals surface area contributed by atoms with E-state index in [1.54, 1.807) is 0 Å². The van der Waals surface area contributed by atoms with E-state index >= 15 is 0 Å². The molecule has 0 saturated carbocycles. The van der Waals surface area contributed by atoms with Gasteiger partial charge in [-0.05, 0) is 13.0 Å². The number of pyridine rings is 1. The van der Waals surface area contributed by atoms with E-state index < -0.39 is 5.97 Å². The maximum absolute atomic E-state index is 11.5. The van der Waals surface area contributed by atoms with E-state index in [1.165, 1.54) is 13.3 Å². The van der Waals surface area contributed by atoms with Crippen molar-refractivity contribution >= 4 is 11.8 Å².